The molecule has 0 saturated carbocycles. The Bertz CT molecular complexity index is 2390. The quantitative estimate of drug-likeness (QED) is 0.0738. The van der Waals surface area contributed by atoms with Crippen LogP contribution in [0.1, 0.15) is 64.6 Å². The van der Waals surface area contributed by atoms with Crippen LogP contribution in [0.15, 0.2) is 58.4 Å². The zero-order valence-corrected chi connectivity index (χ0v) is 33.2. The summed E-state index contributed by atoms with van der Waals surface area (Å²) in [6.45, 7) is 8.09. The molecule has 2 aliphatic rings. The predicted octanol–water partition coefficient (Wildman–Crippen LogP) is 4.11. The fourth-order valence-electron chi connectivity index (χ4n) is 6.77. The molecule has 7 rings (SSSR count). The molecule has 0 radical (unpaired) electrons. The van der Waals surface area contributed by atoms with Gasteiger partial charge < -0.3 is 24.8 Å². The third-order valence-electron chi connectivity index (χ3n) is 9.76. The minimum Gasteiger partial charge on any atom is -0.382 e. The molecule has 5 heterocycles. The molecule has 0 spiro atoms. The van der Waals surface area contributed by atoms with E-state index in [-0.39, 0.29) is 44.4 Å². The number of thiophene rings is 1. The van der Waals surface area contributed by atoms with Gasteiger partial charge in [0.15, 0.2) is 5.82 Å². The Balaban J connectivity index is 0.832. The highest BCUT2D eigenvalue weighted by Gasteiger charge is 2.33. The van der Waals surface area contributed by atoms with Crippen molar-refractivity contribution >= 4 is 62.8 Å². The summed E-state index contributed by atoms with van der Waals surface area (Å²) >= 11 is 7.86. The fraction of sp³-hybridized carbons (Fsp3) is 0.385. The molecule has 16 nitrogen and oxygen atoms in total. The number of aliphatic imine (C=N–C) groups is 1. The molecule has 2 aliphatic heterocycles. The van der Waals surface area contributed by atoms with E-state index in [4.69, 9.17) is 30.8 Å². The normalized spacial score (nSPS) is 16.5. The van der Waals surface area contributed by atoms with Gasteiger partial charge in [-0.1, -0.05) is 35.9 Å². The van der Waals surface area contributed by atoms with Crippen molar-refractivity contribution in [3.05, 3.63) is 97.3 Å². The summed E-state index contributed by atoms with van der Waals surface area (Å²) in [5, 5.41) is 24.0. The number of imide groups is 1. The number of aromatic nitrogens is 5. The van der Waals surface area contributed by atoms with Crippen LogP contribution >= 0.6 is 22.9 Å². The zero-order chi connectivity index (χ0) is 40.1. The van der Waals surface area contributed by atoms with Crippen molar-refractivity contribution in [1.29, 1.82) is 0 Å². The van der Waals surface area contributed by atoms with Crippen molar-refractivity contribution in [3.8, 4) is 5.00 Å². The number of halogens is 1. The standard InChI is InChI=1S/C39H42ClN9O7S/c1-22-23(2)57-39-33(22)35(25-7-9-27(40)10-8-25)44-29(36-47-46-24(3)48(36)39)19-32(51)42-21-56-18-17-55-16-15-54-14-13-41-28-6-4-5-26-20-43-49(38(53)34(26)28)30-11-12-31(50)45-37(30)52/h4-10,20,29-30,41H,11-19,21H2,1-3H3,(H,42,51)(H,45,50,52)/t29-,30?/m0/s1. The molecule has 1 saturated heterocycles. The van der Waals surface area contributed by atoms with Crippen LogP contribution in [0.2, 0.25) is 5.02 Å². The van der Waals surface area contributed by atoms with Gasteiger partial charge in [-0.25, -0.2) is 4.68 Å². The predicted molar refractivity (Wildman–Crippen MR) is 214 cm³/mol. The number of carbonyl (C=O) groups is 3. The van der Waals surface area contributed by atoms with Crippen molar-refractivity contribution in [2.75, 3.05) is 51.6 Å². The van der Waals surface area contributed by atoms with Crippen molar-refractivity contribution in [3.63, 3.8) is 0 Å². The average Bonchev–Trinajstić information content (AvgIpc) is 3.67. The second kappa shape index (κ2) is 17.9. The lowest BCUT2D eigenvalue weighted by atomic mass is 9.99. The van der Waals surface area contributed by atoms with Crippen LogP contribution in [0.5, 0.6) is 0 Å². The number of aryl methyl sites for hydroxylation is 2. The van der Waals surface area contributed by atoms with Crippen LogP contribution in [0.25, 0.3) is 15.8 Å². The Labute approximate surface area is 336 Å². The number of ether oxygens (including phenoxy) is 3. The van der Waals surface area contributed by atoms with E-state index in [0.717, 1.165) is 37.9 Å². The molecule has 2 aromatic carbocycles. The van der Waals surface area contributed by atoms with E-state index in [1.807, 2.05) is 41.8 Å². The summed E-state index contributed by atoms with van der Waals surface area (Å²) in [7, 11) is 0. The highest BCUT2D eigenvalue weighted by molar-refractivity contribution is 7.15. The number of piperidine rings is 1. The highest BCUT2D eigenvalue weighted by Crippen LogP contribution is 2.39. The third kappa shape index (κ3) is 8.82. The van der Waals surface area contributed by atoms with Gasteiger partial charge in [-0.05, 0) is 51.0 Å². The van der Waals surface area contributed by atoms with Crippen molar-refractivity contribution in [1.82, 2.24) is 35.2 Å². The molecule has 18 heteroatoms. The second-order valence-electron chi connectivity index (χ2n) is 13.5. The number of rotatable bonds is 16. The first-order chi connectivity index (χ1) is 27.6. The maximum atomic E-state index is 13.4. The molecule has 2 atom stereocenters. The number of nitrogens with zero attached hydrogens (tertiary/aromatic N) is 6. The molecule has 0 bridgehead atoms. The minimum atomic E-state index is -0.846. The number of carbonyl (C=O) groups excluding carboxylic acids is 3. The van der Waals surface area contributed by atoms with Crippen molar-refractivity contribution in [2.45, 2.75) is 52.1 Å². The Kier molecular flexibility index (Phi) is 12.5. The number of nitrogens with one attached hydrogen (secondary N) is 3. The number of hydrogen-bond acceptors (Lipinski definition) is 13. The first kappa shape index (κ1) is 39.9. The number of amides is 3. The molecule has 1 unspecified atom stereocenters. The summed E-state index contributed by atoms with van der Waals surface area (Å²) in [6.07, 6.45) is 1.94. The minimum absolute atomic E-state index is 0.00499. The van der Waals surface area contributed by atoms with E-state index in [2.05, 4.69) is 45.1 Å². The van der Waals surface area contributed by atoms with Gasteiger partial charge in [-0.3, -0.25) is 34.1 Å². The van der Waals surface area contributed by atoms with Gasteiger partial charge in [0.25, 0.3) is 11.5 Å². The molecule has 3 amide bonds. The lowest BCUT2D eigenvalue weighted by Gasteiger charge is -2.22. The van der Waals surface area contributed by atoms with Crippen LogP contribution in [0.4, 0.5) is 5.69 Å². The van der Waals surface area contributed by atoms with Gasteiger partial charge in [0.1, 0.15) is 29.6 Å². The van der Waals surface area contributed by atoms with Gasteiger partial charge in [0, 0.05) is 45.1 Å². The molecular weight excluding hydrogens is 774 g/mol. The number of fused-ring (bicyclic) bond motifs is 4. The highest BCUT2D eigenvalue weighted by atomic mass is 35.5. The third-order valence-corrected chi connectivity index (χ3v) is 11.2. The molecule has 298 valence electrons. The summed E-state index contributed by atoms with van der Waals surface area (Å²) in [5.74, 6) is 0.181. The van der Waals surface area contributed by atoms with Crippen LogP contribution in [0, 0.1) is 20.8 Å². The fourth-order valence-corrected chi connectivity index (χ4v) is 8.11. The van der Waals surface area contributed by atoms with E-state index < -0.39 is 23.6 Å². The molecular formula is C39H42ClN9O7S. The van der Waals surface area contributed by atoms with Crippen LogP contribution in [-0.4, -0.2) is 94.3 Å². The lowest BCUT2D eigenvalue weighted by molar-refractivity contribution is -0.136. The second-order valence-corrected chi connectivity index (χ2v) is 15.2. The monoisotopic (exact) mass is 815 g/mol. The van der Waals surface area contributed by atoms with Gasteiger partial charge in [-0.2, -0.15) is 5.10 Å². The zero-order valence-electron chi connectivity index (χ0n) is 31.7. The van der Waals surface area contributed by atoms with Crippen LogP contribution in [0.3, 0.4) is 0 Å². The first-order valence-electron chi connectivity index (χ1n) is 18.5. The first-order valence-corrected chi connectivity index (χ1v) is 19.7. The smallest absolute Gasteiger partial charge is 0.277 e. The molecule has 0 aliphatic carbocycles. The van der Waals surface area contributed by atoms with E-state index in [1.54, 1.807) is 29.7 Å². The molecule has 5 aromatic rings. The maximum Gasteiger partial charge on any atom is 0.277 e. The molecule has 3 N–H and O–H groups in total. The van der Waals surface area contributed by atoms with Crippen molar-refractivity contribution in [2.24, 2.45) is 4.99 Å². The largest absolute Gasteiger partial charge is 0.382 e. The Morgan fingerprint density at radius 2 is 1.74 bits per heavy atom. The SMILES string of the molecule is Cc1sc2c(c1C)C(c1ccc(Cl)cc1)=N[C@@H](CC(=O)NCOCCOCCOCCNc1cccc3cnn(C4CCC(=O)NC4=O)c(=O)c13)c1nnc(C)n1-2. The van der Waals surface area contributed by atoms with Gasteiger partial charge in [0.2, 0.25) is 11.8 Å². The summed E-state index contributed by atoms with van der Waals surface area (Å²) in [6, 6.07) is 11.5. The average molecular weight is 816 g/mol. The Morgan fingerprint density at radius 3 is 2.51 bits per heavy atom. The van der Waals surface area contributed by atoms with E-state index in [9.17, 15) is 19.2 Å². The molecule has 1 fully saturated rings. The van der Waals surface area contributed by atoms with E-state index in [1.165, 1.54) is 4.88 Å². The molecule has 57 heavy (non-hydrogen) atoms. The number of benzene rings is 2. The topological polar surface area (TPSA) is 193 Å². The maximum absolute atomic E-state index is 13.4. The lowest BCUT2D eigenvalue weighted by Crippen LogP contribution is -2.45. The molecule has 3 aromatic heterocycles. The van der Waals surface area contributed by atoms with Crippen LogP contribution in [-0.2, 0) is 28.6 Å². The van der Waals surface area contributed by atoms with Gasteiger partial charge >= 0.3 is 0 Å². The number of anilines is 1. The Morgan fingerprint density at radius 1 is 0.982 bits per heavy atom. The van der Waals surface area contributed by atoms with Crippen molar-refractivity contribution < 1.29 is 28.6 Å². The van der Waals surface area contributed by atoms with Crippen LogP contribution < -0.4 is 21.5 Å². The summed E-state index contributed by atoms with van der Waals surface area (Å²) in [5.41, 5.74) is 3.97. The Hall–Kier alpha value is -5.33. The summed E-state index contributed by atoms with van der Waals surface area (Å²) in [4.78, 5) is 56.8. The van der Waals surface area contributed by atoms with Gasteiger partial charge in [-0.15, -0.1) is 21.5 Å². The van der Waals surface area contributed by atoms with E-state index in [0.29, 0.717) is 60.3 Å². The number of hydrogen-bond donors (Lipinski definition) is 3. The van der Waals surface area contributed by atoms with Gasteiger partial charge in [0.05, 0.1) is 56.7 Å². The summed E-state index contributed by atoms with van der Waals surface area (Å²) < 4.78 is 20.0. The van der Waals surface area contributed by atoms with E-state index >= 15 is 0 Å².